The number of amides is 3. The minimum Gasteiger partial charge on any atom is -0.300 e. The number of nitrogens with one attached hydrogen (secondary N) is 3. The van der Waals surface area contributed by atoms with Crippen LogP contribution in [0.4, 0.5) is 20.1 Å². The zero-order valence-electron chi connectivity index (χ0n) is 12.7. The van der Waals surface area contributed by atoms with Crippen molar-refractivity contribution in [1.82, 2.24) is 20.4 Å². The molecule has 13 heteroatoms. The van der Waals surface area contributed by atoms with Crippen molar-refractivity contribution >= 4 is 73.0 Å². The second-order valence-corrected chi connectivity index (χ2v) is 8.72. The first-order valence-electron chi connectivity index (χ1n) is 6.76. The van der Waals surface area contributed by atoms with Crippen LogP contribution in [0.3, 0.4) is 0 Å². The third-order valence-corrected chi connectivity index (χ3v) is 6.00. The number of carbonyl (C=O) groups is 2. The number of hydrogen-bond acceptors (Lipinski definition) is 10. The SMILES string of the molecule is Cc1nnc(NC(=O)CSc2nnc(NC(=O)Nc3cccs3)s2)s1. The first-order valence-corrected chi connectivity index (χ1v) is 10.3. The number of thioether (sulfide) groups is 1. The molecule has 0 aromatic carbocycles. The van der Waals surface area contributed by atoms with Crippen molar-refractivity contribution in [3.05, 3.63) is 22.5 Å². The number of thiophene rings is 1. The molecule has 3 rings (SSSR count). The summed E-state index contributed by atoms with van der Waals surface area (Å²) in [7, 11) is 0. The molecular formula is C12H11N7O2S4. The molecule has 0 bridgehead atoms. The molecule has 3 N–H and O–H groups in total. The Morgan fingerprint density at radius 3 is 2.60 bits per heavy atom. The van der Waals surface area contributed by atoms with E-state index in [9.17, 15) is 9.59 Å². The van der Waals surface area contributed by atoms with Crippen LogP contribution in [0.15, 0.2) is 21.9 Å². The highest BCUT2D eigenvalue weighted by molar-refractivity contribution is 8.01. The number of carbonyl (C=O) groups excluding carboxylic acids is 2. The summed E-state index contributed by atoms with van der Waals surface area (Å²) in [6.07, 6.45) is 0. The van der Waals surface area contributed by atoms with Crippen LogP contribution in [0.2, 0.25) is 0 Å². The molecule has 0 aliphatic rings. The molecule has 0 atom stereocenters. The van der Waals surface area contributed by atoms with E-state index >= 15 is 0 Å². The number of aromatic nitrogens is 4. The summed E-state index contributed by atoms with van der Waals surface area (Å²) < 4.78 is 0.579. The Balaban J connectivity index is 1.45. The number of hydrogen-bond donors (Lipinski definition) is 3. The first-order chi connectivity index (χ1) is 12.1. The fourth-order valence-electron chi connectivity index (χ4n) is 1.54. The van der Waals surface area contributed by atoms with Gasteiger partial charge in [-0.3, -0.25) is 20.7 Å². The molecule has 3 aromatic heterocycles. The lowest BCUT2D eigenvalue weighted by atomic mass is 10.6. The topological polar surface area (TPSA) is 122 Å². The average Bonchev–Trinajstić information content (AvgIpc) is 3.29. The Bertz CT molecular complexity index is 861. The van der Waals surface area contributed by atoms with Crippen molar-refractivity contribution in [3.63, 3.8) is 0 Å². The zero-order valence-corrected chi connectivity index (χ0v) is 15.9. The summed E-state index contributed by atoms with van der Waals surface area (Å²) >= 11 is 5.15. The van der Waals surface area contributed by atoms with E-state index < -0.39 is 0 Å². The van der Waals surface area contributed by atoms with E-state index in [0.717, 1.165) is 10.0 Å². The Morgan fingerprint density at radius 2 is 1.88 bits per heavy atom. The summed E-state index contributed by atoms with van der Waals surface area (Å²) in [6, 6.07) is 3.25. The van der Waals surface area contributed by atoms with Crippen LogP contribution in [-0.2, 0) is 4.79 Å². The van der Waals surface area contributed by atoms with E-state index in [1.165, 1.54) is 45.8 Å². The molecule has 0 fully saturated rings. The van der Waals surface area contributed by atoms with Crippen molar-refractivity contribution in [2.45, 2.75) is 11.3 Å². The van der Waals surface area contributed by atoms with Crippen molar-refractivity contribution in [1.29, 1.82) is 0 Å². The third-order valence-electron chi connectivity index (χ3n) is 2.48. The van der Waals surface area contributed by atoms with E-state index in [1.807, 2.05) is 18.4 Å². The highest BCUT2D eigenvalue weighted by atomic mass is 32.2. The maximum atomic E-state index is 11.8. The minimum atomic E-state index is -0.389. The fourth-order valence-corrected chi connectivity index (χ4v) is 4.31. The standard InChI is InChI=1S/C12H11N7O2S4/c1-6-16-17-10(24-6)13-7(20)5-23-12-19-18-11(25-12)15-9(21)14-8-3-2-4-22-8/h2-4H,5H2,1H3,(H,13,17,20)(H2,14,15,18,21). The van der Waals surface area contributed by atoms with Gasteiger partial charge in [-0.1, -0.05) is 34.4 Å². The van der Waals surface area contributed by atoms with Gasteiger partial charge in [-0.15, -0.1) is 31.7 Å². The first kappa shape index (κ1) is 17.7. The Morgan fingerprint density at radius 1 is 1.08 bits per heavy atom. The van der Waals surface area contributed by atoms with Crippen molar-refractivity contribution < 1.29 is 9.59 Å². The number of aryl methyl sites for hydroxylation is 1. The maximum absolute atomic E-state index is 11.8. The van der Waals surface area contributed by atoms with Crippen LogP contribution in [0.1, 0.15) is 5.01 Å². The van der Waals surface area contributed by atoms with Crippen LogP contribution in [0.25, 0.3) is 0 Å². The van der Waals surface area contributed by atoms with Crippen LogP contribution in [-0.4, -0.2) is 38.1 Å². The molecule has 9 nitrogen and oxygen atoms in total. The number of urea groups is 1. The van der Waals surface area contributed by atoms with Gasteiger partial charge in [-0.05, 0) is 24.4 Å². The fraction of sp³-hybridized carbons (Fsp3) is 0.167. The molecular weight excluding hydrogens is 402 g/mol. The van der Waals surface area contributed by atoms with Crippen molar-refractivity contribution in [2.24, 2.45) is 0 Å². The molecule has 0 aliphatic heterocycles. The van der Waals surface area contributed by atoms with Crippen molar-refractivity contribution in [2.75, 3.05) is 21.7 Å². The predicted octanol–water partition coefficient (Wildman–Crippen LogP) is 3.13. The molecule has 0 aliphatic carbocycles. The summed E-state index contributed by atoms with van der Waals surface area (Å²) in [5.41, 5.74) is 0. The van der Waals surface area contributed by atoms with Gasteiger partial charge < -0.3 is 0 Å². The van der Waals surface area contributed by atoms with Gasteiger partial charge in [0.05, 0.1) is 10.8 Å². The molecule has 3 aromatic rings. The predicted molar refractivity (Wildman–Crippen MR) is 101 cm³/mol. The lowest BCUT2D eigenvalue weighted by Crippen LogP contribution is -2.18. The van der Waals surface area contributed by atoms with E-state index in [4.69, 9.17) is 0 Å². The van der Waals surface area contributed by atoms with E-state index in [-0.39, 0.29) is 17.7 Å². The largest absolute Gasteiger partial charge is 0.326 e. The second-order valence-electron chi connectivity index (χ2n) is 4.39. The lowest BCUT2D eigenvalue weighted by molar-refractivity contribution is -0.113. The molecule has 3 heterocycles. The molecule has 0 spiro atoms. The lowest BCUT2D eigenvalue weighted by Gasteiger charge is -2.01. The normalized spacial score (nSPS) is 10.4. The van der Waals surface area contributed by atoms with Crippen LogP contribution in [0, 0.1) is 6.92 Å². The van der Waals surface area contributed by atoms with Gasteiger partial charge in [-0.2, -0.15) is 0 Å². The molecule has 0 saturated carbocycles. The van der Waals surface area contributed by atoms with Gasteiger partial charge in [0, 0.05) is 0 Å². The Hall–Kier alpha value is -2.09. The van der Waals surface area contributed by atoms with E-state index in [2.05, 4.69) is 36.3 Å². The average molecular weight is 414 g/mol. The van der Waals surface area contributed by atoms with E-state index in [0.29, 0.717) is 14.6 Å². The number of nitrogens with zero attached hydrogens (tertiary/aromatic N) is 4. The minimum absolute atomic E-state index is 0.161. The molecule has 0 radical (unpaired) electrons. The Labute approximate surface area is 158 Å². The molecule has 0 unspecified atom stereocenters. The van der Waals surface area contributed by atoms with Crippen LogP contribution in [0.5, 0.6) is 0 Å². The smallest absolute Gasteiger partial charge is 0.300 e. The molecule has 0 saturated heterocycles. The molecule has 25 heavy (non-hydrogen) atoms. The van der Waals surface area contributed by atoms with Gasteiger partial charge in [-0.25, -0.2) is 4.79 Å². The molecule has 3 amide bonds. The van der Waals surface area contributed by atoms with Gasteiger partial charge in [0.2, 0.25) is 16.2 Å². The monoisotopic (exact) mass is 413 g/mol. The molecule has 130 valence electrons. The van der Waals surface area contributed by atoms with Crippen LogP contribution < -0.4 is 16.0 Å². The zero-order chi connectivity index (χ0) is 17.6. The highest BCUT2D eigenvalue weighted by Crippen LogP contribution is 2.26. The van der Waals surface area contributed by atoms with Gasteiger partial charge >= 0.3 is 6.03 Å². The second kappa shape index (κ2) is 8.33. The summed E-state index contributed by atoms with van der Waals surface area (Å²) in [5.74, 6) is -0.0458. The third kappa shape index (κ3) is 5.45. The summed E-state index contributed by atoms with van der Waals surface area (Å²) in [4.78, 5) is 23.6. The van der Waals surface area contributed by atoms with Gasteiger partial charge in [0.25, 0.3) is 0 Å². The maximum Gasteiger partial charge on any atom is 0.326 e. The van der Waals surface area contributed by atoms with Gasteiger partial charge in [0.15, 0.2) is 4.34 Å². The number of rotatable bonds is 6. The summed E-state index contributed by atoms with van der Waals surface area (Å²) in [6.45, 7) is 1.81. The van der Waals surface area contributed by atoms with Gasteiger partial charge in [0.1, 0.15) is 5.01 Å². The van der Waals surface area contributed by atoms with E-state index in [1.54, 1.807) is 6.07 Å². The van der Waals surface area contributed by atoms with Crippen LogP contribution >= 0.6 is 45.8 Å². The quantitative estimate of drug-likeness (QED) is 0.419. The number of anilines is 3. The van der Waals surface area contributed by atoms with Crippen molar-refractivity contribution in [3.8, 4) is 0 Å². The summed E-state index contributed by atoms with van der Waals surface area (Å²) in [5, 5.41) is 27.6. The highest BCUT2D eigenvalue weighted by Gasteiger charge is 2.12. The Kier molecular flexibility index (Phi) is 5.91.